The highest BCUT2D eigenvalue weighted by atomic mass is 16.6. The fourth-order valence-electron chi connectivity index (χ4n) is 12.6. The number of fused-ring (bicyclic) bond motifs is 3. The highest BCUT2D eigenvalue weighted by Crippen LogP contribution is 2.30. The van der Waals surface area contributed by atoms with Crippen molar-refractivity contribution in [3.8, 4) is 71.0 Å². The van der Waals surface area contributed by atoms with E-state index < -0.39 is 223 Å². The van der Waals surface area contributed by atoms with Crippen LogP contribution < -0.4 is 0 Å². The molecule has 0 unspecified atom stereocenters. The van der Waals surface area contributed by atoms with Gasteiger partial charge in [-0.15, -0.1) is 0 Å². The zero-order valence-electron chi connectivity index (χ0n) is 57.1. The number of rotatable bonds is 6. The summed E-state index contributed by atoms with van der Waals surface area (Å²) in [5.74, 6) is 33.8. The minimum atomic E-state index is -1.52. The van der Waals surface area contributed by atoms with Gasteiger partial charge in [0.05, 0.1) is 39.6 Å². The second-order valence-corrected chi connectivity index (χ2v) is 26.4. The third kappa shape index (κ3) is 18.8. The summed E-state index contributed by atoms with van der Waals surface area (Å²) < 4.78 is 32.5. The van der Waals surface area contributed by atoms with Crippen LogP contribution in [-0.4, -0.2) is 345 Å². The molecule has 6 aliphatic rings. The standard InChI is InChI=1S/3C26H28O10/c27-11-19-23(31)25(33)21(29)17(35-19)7-3-13-1-5-15-10-14(2-6-16(15)9-13)4-8-18-22(30)26(34)24(32)20(12-28)36-18;27-11-19-23(31)25(33)21(29)17(35-19)7-3-13-1-5-15-6-2-14(10-16(15)9-13)4-8-18-22(30)26(34)24(32)20(12-28)36-18;27-11-19-23(31)25(33)21(29)17(35-19)9-7-13-3-1-5-15-14(4-2-6-16(13)15)8-10-18-22(30)26(34)24(32)20(12-28)36-18/h2*1-2,5-6,9-10,17-34H,11-12H2;1-6,17-34H,11-12H2/t3*17-,18-,19-,20-,21-,22-,23-,24-,25-,26-/m111/s1. The summed E-state index contributed by atoms with van der Waals surface area (Å²) in [5.41, 5.74) is 3.53. The zero-order valence-corrected chi connectivity index (χ0v) is 57.1. The third-order valence-corrected chi connectivity index (χ3v) is 19.1. The predicted octanol–water partition coefficient (Wildman–Crippen LogP) is -8.32. The van der Waals surface area contributed by atoms with Crippen molar-refractivity contribution in [1.82, 2.24) is 0 Å². The SMILES string of the molecule is OC[C@H]1O[C@H](C#Cc2ccc3cc(C#C[C@H]4O[C@H](CO)[C@@H](O)[C@H](O)[C@@H]4O)ccc3c2)[C@@H](O)[C@@H](O)[C@@H]1O.OC[C@H]1O[C@H](C#Cc2ccc3ccc(C#C[C@H]4O[C@H](CO)[C@@H](O)[C@H](O)[C@@H]4O)cc3c2)[C@@H](O)[C@@H](O)[C@@H]1O.OC[C@H]1O[C@H](C#Cc2cccc3c(C#C[C@H]4O[C@H](CO)[C@@H](O)[C@H](O)[C@@H]4O)cccc23)[C@@H](O)[C@@H](O)[C@@H]1O. The summed E-state index contributed by atoms with van der Waals surface area (Å²) in [5, 5.41) is 241. The van der Waals surface area contributed by atoms with Crippen LogP contribution in [0.1, 0.15) is 33.4 Å². The molecule has 12 rings (SSSR count). The van der Waals surface area contributed by atoms with E-state index in [0.29, 0.717) is 33.4 Å². The van der Waals surface area contributed by atoms with Crippen LogP contribution in [-0.2, 0) is 28.4 Å². The van der Waals surface area contributed by atoms with Gasteiger partial charge >= 0.3 is 0 Å². The van der Waals surface area contributed by atoms with E-state index >= 15 is 0 Å². The van der Waals surface area contributed by atoms with Gasteiger partial charge in [-0.1, -0.05) is 120 Å². The second-order valence-electron chi connectivity index (χ2n) is 26.4. The monoisotopic (exact) mass is 1500 g/mol. The first-order chi connectivity index (χ1) is 51.7. The molecule has 108 heavy (non-hydrogen) atoms. The molecule has 30 nitrogen and oxygen atoms in total. The van der Waals surface area contributed by atoms with Gasteiger partial charge in [-0.2, -0.15) is 0 Å². The summed E-state index contributed by atoms with van der Waals surface area (Å²) in [6.45, 7) is -3.22. The van der Waals surface area contributed by atoms with Gasteiger partial charge in [-0.25, -0.2) is 0 Å². The lowest BCUT2D eigenvalue weighted by atomic mass is 9.94. The van der Waals surface area contributed by atoms with Crippen molar-refractivity contribution < 1.29 is 151 Å². The molecule has 30 heteroatoms. The molecule has 6 aromatic rings. The van der Waals surface area contributed by atoms with Gasteiger partial charge in [0, 0.05) is 33.4 Å². The molecule has 0 saturated carbocycles. The first-order valence-corrected chi connectivity index (χ1v) is 34.2. The molecule has 6 aliphatic heterocycles. The van der Waals surface area contributed by atoms with E-state index in [-0.39, 0.29) is 0 Å². The van der Waals surface area contributed by atoms with Gasteiger partial charge in [0.2, 0.25) is 0 Å². The summed E-state index contributed by atoms with van der Waals surface area (Å²) in [4.78, 5) is 0. The summed E-state index contributed by atoms with van der Waals surface area (Å²) in [7, 11) is 0. The van der Waals surface area contributed by atoms with Gasteiger partial charge in [-0.3, -0.25) is 0 Å². The van der Waals surface area contributed by atoms with Gasteiger partial charge in [0.15, 0.2) is 0 Å². The quantitative estimate of drug-likeness (QED) is 0.0689. The normalized spacial score (nSPS) is 36.4. The first-order valence-electron chi connectivity index (χ1n) is 34.2. The topological polar surface area (TPSA) is 541 Å². The Morgan fingerprint density at radius 2 is 0.417 bits per heavy atom. The van der Waals surface area contributed by atoms with E-state index in [1.807, 2.05) is 36.4 Å². The lowest BCUT2D eigenvalue weighted by Gasteiger charge is -2.37. The second kappa shape index (κ2) is 37.3. The molecule has 6 fully saturated rings. The van der Waals surface area contributed by atoms with E-state index in [1.54, 1.807) is 72.8 Å². The number of aliphatic hydroxyl groups excluding tert-OH is 24. The van der Waals surface area contributed by atoms with Crippen molar-refractivity contribution in [1.29, 1.82) is 0 Å². The van der Waals surface area contributed by atoms with Gasteiger partial charge in [0.25, 0.3) is 0 Å². The fraction of sp³-hybridized carbons (Fsp3) is 0.462. The van der Waals surface area contributed by atoms with Gasteiger partial charge in [-0.05, 0) is 93.0 Å². The molecule has 0 aliphatic carbocycles. The van der Waals surface area contributed by atoms with Gasteiger partial charge < -0.3 is 151 Å². The van der Waals surface area contributed by atoms with Crippen LogP contribution in [0.4, 0.5) is 0 Å². The molecule has 24 N–H and O–H groups in total. The molecule has 30 atom stereocenters. The smallest absolute Gasteiger partial charge is 0.147 e. The van der Waals surface area contributed by atoms with Crippen LogP contribution in [0.3, 0.4) is 0 Å². The summed E-state index contributed by atoms with van der Waals surface area (Å²) in [6, 6.07) is 32.1. The molecule has 6 saturated heterocycles. The highest BCUT2D eigenvalue weighted by molar-refractivity contribution is 5.93. The van der Waals surface area contributed by atoms with Crippen LogP contribution >= 0.6 is 0 Å². The lowest BCUT2D eigenvalue weighted by Crippen LogP contribution is -2.58. The van der Waals surface area contributed by atoms with Crippen LogP contribution in [0.15, 0.2) is 109 Å². The Balaban J connectivity index is 0.000000173. The fourth-order valence-corrected chi connectivity index (χ4v) is 12.6. The minimum absolute atomic E-state index is 0.527. The number of ether oxygens (including phenoxy) is 6. The molecule has 0 radical (unpaired) electrons. The Morgan fingerprint density at radius 3 is 0.639 bits per heavy atom. The maximum atomic E-state index is 10.2. The predicted molar refractivity (Wildman–Crippen MR) is 376 cm³/mol. The molecule has 576 valence electrons. The molecule has 0 bridgehead atoms. The molecule has 6 aromatic carbocycles. The number of hydrogen-bond donors (Lipinski definition) is 24. The van der Waals surface area contributed by atoms with Crippen LogP contribution in [0.5, 0.6) is 0 Å². The number of benzene rings is 6. The van der Waals surface area contributed by atoms with Crippen molar-refractivity contribution >= 4 is 32.3 Å². The maximum Gasteiger partial charge on any atom is 0.147 e. The van der Waals surface area contributed by atoms with Crippen LogP contribution in [0, 0.1) is 71.0 Å². The summed E-state index contributed by atoms with van der Waals surface area (Å²) >= 11 is 0. The van der Waals surface area contributed by atoms with E-state index in [2.05, 4.69) is 71.0 Å². The average molecular weight is 1500 g/mol. The van der Waals surface area contributed by atoms with E-state index in [0.717, 1.165) is 32.3 Å². The molecule has 0 spiro atoms. The Labute approximate surface area is 617 Å². The van der Waals surface area contributed by atoms with Crippen LogP contribution in [0.25, 0.3) is 32.3 Å². The van der Waals surface area contributed by atoms with Crippen molar-refractivity contribution in [2.24, 2.45) is 0 Å². The lowest BCUT2D eigenvalue weighted by molar-refractivity contribution is -0.214. The van der Waals surface area contributed by atoms with Crippen molar-refractivity contribution in [3.63, 3.8) is 0 Å². The molecule has 0 aromatic heterocycles. The molecule has 6 heterocycles. The third-order valence-electron chi connectivity index (χ3n) is 19.1. The Kier molecular flexibility index (Phi) is 28.6. The Hall–Kier alpha value is -7.74. The van der Waals surface area contributed by atoms with Crippen molar-refractivity contribution in [2.75, 3.05) is 39.6 Å². The van der Waals surface area contributed by atoms with E-state index in [1.165, 1.54) is 0 Å². The highest BCUT2D eigenvalue weighted by Gasteiger charge is 2.48. The van der Waals surface area contributed by atoms with E-state index in [9.17, 15) is 123 Å². The minimum Gasteiger partial charge on any atom is -0.394 e. The number of aliphatic hydroxyl groups is 24. The Bertz CT molecular complexity index is 4180. The maximum absolute atomic E-state index is 10.2. The van der Waals surface area contributed by atoms with Gasteiger partial charge in [0.1, 0.15) is 183 Å². The largest absolute Gasteiger partial charge is 0.394 e. The number of hydrogen-bond acceptors (Lipinski definition) is 30. The van der Waals surface area contributed by atoms with Crippen molar-refractivity contribution in [3.05, 3.63) is 143 Å². The summed E-state index contributed by atoms with van der Waals surface area (Å²) in [6.07, 6.45) is -39.3. The molecular formula is C78H84O30. The zero-order chi connectivity index (χ0) is 77.9. The molecular weight excluding hydrogens is 1420 g/mol. The first kappa shape index (κ1) is 82.7. The molecule has 0 amide bonds. The van der Waals surface area contributed by atoms with E-state index in [4.69, 9.17) is 28.4 Å². The van der Waals surface area contributed by atoms with Crippen LogP contribution in [0.2, 0.25) is 0 Å². The average Bonchev–Trinajstić information content (AvgIpc) is 0.803. The Morgan fingerprint density at radius 1 is 0.213 bits per heavy atom. The van der Waals surface area contributed by atoms with Crippen molar-refractivity contribution in [2.45, 2.75) is 183 Å².